The molecule has 0 spiro atoms. The molecule has 160 valence electrons. The number of hydrogen-bond acceptors (Lipinski definition) is 5. The summed E-state index contributed by atoms with van der Waals surface area (Å²) in [7, 11) is 0. The van der Waals surface area contributed by atoms with E-state index in [0.717, 1.165) is 59.9 Å². The molecule has 2 aliphatic heterocycles. The Morgan fingerprint density at radius 3 is 2.68 bits per heavy atom. The molecule has 0 radical (unpaired) electrons. The molecule has 31 heavy (non-hydrogen) atoms. The Morgan fingerprint density at radius 2 is 1.97 bits per heavy atom. The summed E-state index contributed by atoms with van der Waals surface area (Å²) in [6.45, 7) is 12.2. The van der Waals surface area contributed by atoms with Crippen LogP contribution in [-0.4, -0.2) is 69.5 Å². The van der Waals surface area contributed by atoms with Gasteiger partial charge in [-0.2, -0.15) is 10.2 Å². The van der Waals surface area contributed by atoms with E-state index in [1.165, 1.54) is 12.8 Å². The third-order valence-corrected chi connectivity index (χ3v) is 7.09. The summed E-state index contributed by atoms with van der Waals surface area (Å²) < 4.78 is 9.53. The van der Waals surface area contributed by atoms with Crippen LogP contribution in [0.1, 0.15) is 25.3 Å². The molecule has 3 fully saturated rings. The van der Waals surface area contributed by atoms with E-state index in [2.05, 4.69) is 37.1 Å². The second-order valence-corrected chi connectivity index (χ2v) is 9.11. The first-order chi connectivity index (χ1) is 15.2. The zero-order valence-corrected chi connectivity index (χ0v) is 18.0. The number of fused-ring (bicyclic) bond motifs is 1. The van der Waals surface area contributed by atoms with E-state index in [4.69, 9.17) is 22.9 Å². The molecule has 8 nitrogen and oxygen atoms in total. The van der Waals surface area contributed by atoms with Crippen molar-refractivity contribution in [2.75, 3.05) is 44.3 Å². The lowest BCUT2D eigenvalue weighted by molar-refractivity contribution is 0.0926. The maximum absolute atomic E-state index is 7.69. The lowest BCUT2D eigenvalue weighted by Gasteiger charge is -2.39. The van der Waals surface area contributed by atoms with E-state index >= 15 is 0 Å². The Bertz CT molecular complexity index is 1160. The summed E-state index contributed by atoms with van der Waals surface area (Å²) >= 11 is 6.69. The number of anilines is 1. The number of piperazine rings is 1. The zero-order valence-electron chi connectivity index (χ0n) is 17.2. The van der Waals surface area contributed by atoms with E-state index in [1.807, 2.05) is 27.8 Å². The highest BCUT2D eigenvalue weighted by Crippen LogP contribution is 2.36. The molecule has 1 atom stereocenters. The lowest BCUT2D eigenvalue weighted by Crippen LogP contribution is -2.56. The average Bonchev–Trinajstić information content (AvgIpc) is 3.18. The van der Waals surface area contributed by atoms with Gasteiger partial charge in [0.1, 0.15) is 12.3 Å². The van der Waals surface area contributed by atoms with Crippen LogP contribution in [0.2, 0.25) is 5.02 Å². The maximum Gasteiger partial charge on any atom is 0.313 e. The van der Waals surface area contributed by atoms with Crippen LogP contribution in [0, 0.1) is 6.57 Å². The van der Waals surface area contributed by atoms with Crippen molar-refractivity contribution < 1.29 is 4.74 Å². The fourth-order valence-electron chi connectivity index (χ4n) is 4.77. The van der Waals surface area contributed by atoms with Gasteiger partial charge in [-0.1, -0.05) is 11.6 Å². The van der Waals surface area contributed by atoms with Gasteiger partial charge in [0.25, 0.3) is 0 Å². The van der Waals surface area contributed by atoms with Crippen LogP contribution in [0.25, 0.3) is 21.4 Å². The van der Waals surface area contributed by atoms with E-state index < -0.39 is 5.66 Å². The molecule has 2 saturated heterocycles. The van der Waals surface area contributed by atoms with E-state index in [-0.39, 0.29) is 0 Å². The van der Waals surface area contributed by atoms with Crippen LogP contribution >= 0.6 is 11.6 Å². The number of rotatable bonds is 4. The molecule has 1 unspecified atom stereocenters. The van der Waals surface area contributed by atoms with E-state index in [9.17, 15) is 0 Å². The van der Waals surface area contributed by atoms with E-state index in [1.54, 1.807) is 0 Å². The third kappa shape index (κ3) is 3.19. The topological polar surface area (TPSA) is 55.7 Å². The standard InChI is InChI=1S/C22H24ClN7O/c1-24-22(4-9-31-15-22)28-7-5-27(6-8-28)21-11-20-16(10-19(21)23)12-26-30(20)18-13-25-29(14-18)17-2-3-17/h10-14,17H,2-9,15H2. The van der Waals surface area contributed by atoms with Gasteiger partial charge in [0.2, 0.25) is 0 Å². The largest absolute Gasteiger partial charge is 0.371 e. The molecule has 1 aromatic carbocycles. The molecule has 1 saturated carbocycles. The number of ether oxygens (including phenoxy) is 1. The van der Waals surface area contributed by atoms with Gasteiger partial charge in [-0.3, -0.25) is 9.53 Å². The Labute approximate surface area is 185 Å². The van der Waals surface area contributed by atoms with Crippen molar-refractivity contribution in [1.29, 1.82) is 0 Å². The minimum atomic E-state index is -0.486. The molecular weight excluding hydrogens is 414 g/mol. The minimum absolute atomic E-state index is 0.486. The first-order valence-electron chi connectivity index (χ1n) is 10.9. The predicted octanol–water partition coefficient (Wildman–Crippen LogP) is 3.37. The average molecular weight is 438 g/mol. The summed E-state index contributed by atoms with van der Waals surface area (Å²) in [6.07, 6.45) is 9.01. The highest BCUT2D eigenvalue weighted by Gasteiger charge is 2.48. The first-order valence-corrected chi connectivity index (χ1v) is 11.2. The van der Waals surface area contributed by atoms with Crippen molar-refractivity contribution in [1.82, 2.24) is 24.5 Å². The quantitative estimate of drug-likeness (QED) is 0.586. The SMILES string of the molecule is [C-]#[N+]C1(N2CCN(c3cc4c(cnn4-c4cnn(C5CC5)c4)cc3Cl)CC2)CCOC1. The van der Waals surface area contributed by atoms with Gasteiger partial charge >= 0.3 is 5.66 Å². The Hall–Kier alpha value is -2.60. The molecule has 9 heteroatoms. The molecule has 3 aromatic rings. The van der Waals surface area contributed by atoms with Gasteiger partial charge < -0.3 is 9.64 Å². The fourth-order valence-corrected chi connectivity index (χ4v) is 5.07. The van der Waals surface area contributed by atoms with Gasteiger partial charge in [0, 0.05) is 31.6 Å². The molecule has 4 heterocycles. The summed E-state index contributed by atoms with van der Waals surface area (Å²) in [4.78, 5) is 8.54. The summed E-state index contributed by atoms with van der Waals surface area (Å²) in [5.74, 6) is 0. The second kappa shape index (κ2) is 7.23. The maximum atomic E-state index is 7.69. The van der Waals surface area contributed by atoms with Gasteiger partial charge in [-0.05, 0) is 25.0 Å². The molecule has 0 bridgehead atoms. The van der Waals surface area contributed by atoms with Gasteiger partial charge in [0.15, 0.2) is 0 Å². The molecule has 6 rings (SSSR count). The van der Waals surface area contributed by atoms with Crippen molar-refractivity contribution in [3.05, 3.63) is 47.2 Å². The summed E-state index contributed by atoms with van der Waals surface area (Å²) in [6, 6.07) is 4.68. The van der Waals surface area contributed by atoms with Crippen molar-refractivity contribution in [3.63, 3.8) is 0 Å². The molecule has 0 amide bonds. The van der Waals surface area contributed by atoms with Crippen molar-refractivity contribution >= 4 is 28.2 Å². The minimum Gasteiger partial charge on any atom is -0.371 e. The van der Waals surface area contributed by atoms with Crippen LogP contribution in [0.3, 0.4) is 0 Å². The van der Waals surface area contributed by atoms with Crippen molar-refractivity contribution in [3.8, 4) is 5.69 Å². The Morgan fingerprint density at radius 1 is 1.13 bits per heavy atom. The molecule has 3 aliphatic rings. The van der Waals surface area contributed by atoms with Crippen molar-refractivity contribution in [2.24, 2.45) is 0 Å². The number of aromatic nitrogens is 4. The highest BCUT2D eigenvalue weighted by atomic mass is 35.5. The van der Waals surface area contributed by atoms with Crippen LogP contribution in [-0.2, 0) is 4.74 Å². The third-order valence-electron chi connectivity index (χ3n) is 6.79. The number of benzene rings is 1. The van der Waals surface area contributed by atoms with Crippen LogP contribution in [0.5, 0.6) is 0 Å². The fraction of sp³-hybridized carbons (Fsp3) is 0.500. The van der Waals surface area contributed by atoms with Gasteiger partial charge in [0.05, 0.1) is 53.9 Å². The zero-order chi connectivity index (χ0) is 21.0. The van der Waals surface area contributed by atoms with Crippen LogP contribution < -0.4 is 4.90 Å². The second-order valence-electron chi connectivity index (χ2n) is 8.70. The first kappa shape index (κ1) is 19.1. The van der Waals surface area contributed by atoms with E-state index in [0.29, 0.717) is 19.3 Å². The monoisotopic (exact) mass is 437 g/mol. The highest BCUT2D eigenvalue weighted by molar-refractivity contribution is 6.34. The normalized spacial score (nSPS) is 24.7. The van der Waals surface area contributed by atoms with Crippen LogP contribution in [0.15, 0.2) is 30.7 Å². The number of nitrogens with zero attached hydrogens (tertiary/aromatic N) is 7. The Balaban J connectivity index is 1.27. The van der Waals surface area contributed by atoms with Crippen molar-refractivity contribution in [2.45, 2.75) is 31.0 Å². The lowest BCUT2D eigenvalue weighted by atomic mass is 10.1. The van der Waals surface area contributed by atoms with Crippen LogP contribution in [0.4, 0.5) is 5.69 Å². The molecular formula is C22H24ClN7O. The molecule has 0 N–H and O–H groups in total. The molecule has 2 aromatic heterocycles. The summed E-state index contributed by atoms with van der Waals surface area (Å²) in [5, 5.41) is 10.9. The number of hydrogen-bond donors (Lipinski definition) is 0. The van der Waals surface area contributed by atoms with Gasteiger partial charge in [-0.15, -0.1) is 0 Å². The predicted molar refractivity (Wildman–Crippen MR) is 119 cm³/mol. The summed E-state index contributed by atoms with van der Waals surface area (Å²) in [5.41, 5.74) is 2.53. The van der Waals surface area contributed by atoms with Gasteiger partial charge in [-0.25, -0.2) is 16.2 Å². The molecule has 1 aliphatic carbocycles. The Kier molecular flexibility index (Phi) is 4.46. The smallest absolute Gasteiger partial charge is 0.313 e. The number of halogens is 1.